The summed E-state index contributed by atoms with van der Waals surface area (Å²) in [5.41, 5.74) is 7.05. The van der Waals surface area contributed by atoms with Crippen molar-refractivity contribution in [3.63, 3.8) is 0 Å². The van der Waals surface area contributed by atoms with E-state index in [-0.39, 0.29) is 33.6 Å². The first-order valence-corrected chi connectivity index (χ1v) is 12.5. The number of aromatic nitrogens is 1. The molecule has 2 atom stereocenters. The molecule has 0 aromatic carbocycles. The lowest BCUT2D eigenvalue weighted by molar-refractivity contribution is -0.163. The van der Waals surface area contributed by atoms with E-state index >= 15 is 0 Å². The van der Waals surface area contributed by atoms with Crippen molar-refractivity contribution in [2.75, 3.05) is 25.2 Å². The Morgan fingerprint density at radius 2 is 2.11 bits per heavy atom. The van der Waals surface area contributed by atoms with Crippen LogP contribution in [0.2, 0.25) is 0 Å². The molecule has 0 bridgehead atoms. The molecule has 2 amide bonds. The summed E-state index contributed by atoms with van der Waals surface area (Å²) in [4.78, 5) is 63.9. The highest BCUT2D eigenvalue weighted by Crippen LogP contribution is 2.39. The molecule has 1 fully saturated rings. The molecule has 3 heterocycles. The smallest absolute Gasteiger partial charge is 0.353 e. The Bertz CT molecular complexity index is 1170. The van der Waals surface area contributed by atoms with E-state index in [1.54, 1.807) is 20.8 Å². The Morgan fingerprint density at radius 1 is 1.38 bits per heavy atom. The largest absolute Gasteiger partial charge is 0.477 e. The minimum Gasteiger partial charge on any atom is -0.477 e. The number of carbonyl (C=O) groups excluding carboxylic acids is 3. The van der Waals surface area contributed by atoms with E-state index in [0.717, 1.165) is 16.2 Å². The summed E-state index contributed by atoms with van der Waals surface area (Å²) < 4.78 is 5.08. The van der Waals surface area contributed by atoms with Gasteiger partial charge >= 0.3 is 11.9 Å². The van der Waals surface area contributed by atoms with Crippen LogP contribution in [0.25, 0.3) is 0 Å². The van der Waals surface area contributed by atoms with Gasteiger partial charge in [0.05, 0.1) is 6.21 Å². The van der Waals surface area contributed by atoms with E-state index in [1.165, 1.54) is 30.5 Å². The number of anilines is 1. The summed E-state index contributed by atoms with van der Waals surface area (Å²) >= 11 is 2.33. The molecular formula is C20H25N7O8S2. The number of hydrogen-bond acceptors (Lipinski definition) is 14. The molecule has 0 radical (unpaired) electrons. The maximum atomic E-state index is 12.8. The number of oxime groups is 1. The number of β-lactam (4-membered cyclic amide) rings is 1. The van der Waals surface area contributed by atoms with Gasteiger partial charge in [0.2, 0.25) is 0 Å². The first-order chi connectivity index (χ1) is 17.4. The van der Waals surface area contributed by atoms with E-state index in [2.05, 4.69) is 26.1 Å². The number of aliphatic carboxylic acids is 1. The fourth-order valence-corrected chi connectivity index (χ4v) is 5.09. The lowest BCUT2D eigenvalue weighted by Gasteiger charge is -2.49. The van der Waals surface area contributed by atoms with E-state index in [9.17, 15) is 24.3 Å². The van der Waals surface area contributed by atoms with Crippen LogP contribution in [0, 0.1) is 0 Å². The molecule has 15 nitrogen and oxygen atoms in total. The normalized spacial score (nSPS) is 19.8. The van der Waals surface area contributed by atoms with Crippen LogP contribution in [-0.4, -0.2) is 87.2 Å². The topological polar surface area (TPSA) is 207 Å². The van der Waals surface area contributed by atoms with Crippen LogP contribution in [-0.2, 0) is 33.6 Å². The number of nitrogens with one attached hydrogen (secondary N) is 2. The van der Waals surface area contributed by atoms with Crippen molar-refractivity contribution in [2.45, 2.75) is 37.8 Å². The van der Waals surface area contributed by atoms with E-state index in [4.69, 9.17) is 20.1 Å². The second-order valence-corrected chi connectivity index (χ2v) is 10.5. The van der Waals surface area contributed by atoms with Crippen molar-refractivity contribution < 1.29 is 38.7 Å². The second-order valence-electron chi connectivity index (χ2n) is 8.46. The molecule has 37 heavy (non-hydrogen) atoms. The minimum absolute atomic E-state index is 0.168. The van der Waals surface area contributed by atoms with Gasteiger partial charge in [-0.3, -0.25) is 14.5 Å². The number of carboxylic acid groups (broad SMARTS) is 1. The van der Waals surface area contributed by atoms with Gasteiger partial charge in [-0.05, 0) is 20.8 Å². The number of hydrogen-bond donors (Lipinski definition) is 4. The monoisotopic (exact) mass is 555 g/mol. The molecular weight excluding hydrogens is 530 g/mol. The number of carbonyl (C=O) groups is 4. The highest BCUT2D eigenvalue weighted by atomic mass is 32.2. The fraction of sp³-hybridized carbons (Fsp3) is 0.450. The van der Waals surface area contributed by atoms with Gasteiger partial charge in [0.15, 0.2) is 17.5 Å². The number of rotatable bonds is 10. The Kier molecular flexibility index (Phi) is 8.72. The zero-order valence-electron chi connectivity index (χ0n) is 20.2. The van der Waals surface area contributed by atoms with Crippen molar-refractivity contribution in [1.29, 1.82) is 0 Å². The minimum atomic E-state index is -1.35. The van der Waals surface area contributed by atoms with Crippen molar-refractivity contribution in [1.82, 2.24) is 20.8 Å². The van der Waals surface area contributed by atoms with Crippen LogP contribution in [0.3, 0.4) is 0 Å². The van der Waals surface area contributed by atoms with Gasteiger partial charge in [-0.25, -0.2) is 19.4 Å². The van der Waals surface area contributed by atoms with E-state index in [1.807, 2.05) is 0 Å². The lowest BCUT2D eigenvalue weighted by atomic mass is 10.0. The maximum Gasteiger partial charge on any atom is 0.353 e. The number of carboxylic acids is 1. The second kappa shape index (κ2) is 11.6. The van der Waals surface area contributed by atoms with Gasteiger partial charge in [0.25, 0.3) is 11.8 Å². The average Bonchev–Trinajstić information content (AvgIpc) is 3.24. The molecule has 0 spiro atoms. The predicted octanol–water partition coefficient (Wildman–Crippen LogP) is -0.337. The van der Waals surface area contributed by atoms with Gasteiger partial charge in [0.1, 0.15) is 35.5 Å². The third kappa shape index (κ3) is 6.75. The third-order valence-electron chi connectivity index (χ3n) is 4.60. The quantitative estimate of drug-likeness (QED) is 0.0962. The summed E-state index contributed by atoms with van der Waals surface area (Å²) in [6, 6.07) is -1.00. The zero-order chi connectivity index (χ0) is 27.3. The molecule has 17 heteroatoms. The summed E-state index contributed by atoms with van der Waals surface area (Å²) in [5, 5.41) is 20.8. The highest BCUT2D eigenvalue weighted by Gasteiger charge is 2.54. The number of esters is 1. The Hall–Kier alpha value is -3.70. The van der Waals surface area contributed by atoms with Gasteiger partial charge in [0, 0.05) is 16.7 Å². The van der Waals surface area contributed by atoms with Crippen molar-refractivity contribution in [3.8, 4) is 0 Å². The van der Waals surface area contributed by atoms with Gasteiger partial charge < -0.3 is 25.7 Å². The standard InChI is InChI=1S/C20H25N7O8S2/c1-20(2,3)35-11(28)6-34-26-22-5-9-7-36-17-13(16(30)27(17)14(9)18(31)32)24-15(29)12(25-33-4)10-8-37-19(21)23-10/h5,8,13,17,26H,6-7H2,1-4H3,(H2,21,23)(H,24,29)(H,31,32)/b22-5?,25-12-/t13?,17-/m0/s1. The van der Waals surface area contributed by atoms with Crippen LogP contribution in [0.5, 0.6) is 0 Å². The van der Waals surface area contributed by atoms with Crippen LogP contribution >= 0.6 is 23.1 Å². The highest BCUT2D eigenvalue weighted by molar-refractivity contribution is 8.00. The molecule has 0 saturated carbocycles. The van der Waals surface area contributed by atoms with Crippen molar-refractivity contribution in [2.24, 2.45) is 10.3 Å². The number of thiazole rings is 1. The average molecular weight is 556 g/mol. The fourth-order valence-electron chi connectivity index (χ4n) is 3.25. The SMILES string of the molecule is CO/N=C(\C(=O)NC1C(=O)N2C(C(=O)O)=C(C=NNOCC(=O)OC(C)(C)C)CS[C@@H]12)c1csc(N)n1. The molecule has 1 saturated heterocycles. The molecule has 1 unspecified atom stereocenters. The molecule has 5 N–H and O–H groups in total. The Morgan fingerprint density at radius 3 is 2.70 bits per heavy atom. The van der Waals surface area contributed by atoms with E-state index in [0.29, 0.717) is 0 Å². The molecule has 2 aliphatic rings. The zero-order valence-corrected chi connectivity index (χ0v) is 21.8. The summed E-state index contributed by atoms with van der Waals surface area (Å²) in [6.07, 6.45) is 1.18. The molecule has 200 valence electrons. The predicted molar refractivity (Wildman–Crippen MR) is 133 cm³/mol. The molecule has 3 rings (SSSR count). The number of nitrogens with zero attached hydrogens (tertiary/aromatic N) is 4. The number of fused-ring (bicyclic) bond motifs is 1. The van der Waals surface area contributed by atoms with Gasteiger partial charge in [-0.1, -0.05) is 5.16 Å². The number of amides is 2. The van der Waals surface area contributed by atoms with Crippen molar-refractivity contribution >= 4 is 63.9 Å². The summed E-state index contributed by atoms with van der Waals surface area (Å²) in [6.45, 7) is 4.70. The Balaban J connectivity index is 1.64. The number of thioether (sulfide) groups is 1. The van der Waals surface area contributed by atoms with E-state index < -0.39 is 47.4 Å². The maximum absolute atomic E-state index is 12.8. The number of nitrogen functional groups attached to an aromatic ring is 1. The van der Waals surface area contributed by atoms with Crippen LogP contribution in [0.1, 0.15) is 26.5 Å². The van der Waals surface area contributed by atoms with Gasteiger partial charge in [-0.15, -0.1) is 23.1 Å². The third-order valence-corrected chi connectivity index (χ3v) is 6.57. The first-order valence-electron chi connectivity index (χ1n) is 10.6. The summed E-state index contributed by atoms with van der Waals surface area (Å²) in [7, 11) is 1.25. The van der Waals surface area contributed by atoms with Crippen molar-refractivity contribution in [3.05, 3.63) is 22.3 Å². The number of hydrazone groups is 1. The number of nitrogens with two attached hydrogens (primary N) is 1. The molecule has 2 aliphatic heterocycles. The van der Waals surface area contributed by atoms with Crippen LogP contribution in [0.15, 0.2) is 26.9 Å². The van der Waals surface area contributed by atoms with Gasteiger partial charge in [-0.2, -0.15) is 10.7 Å². The first kappa shape index (κ1) is 27.9. The summed E-state index contributed by atoms with van der Waals surface area (Å²) in [5.74, 6) is -3.16. The molecule has 1 aromatic heterocycles. The number of ether oxygens (including phenoxy) is 1. The van der Waals surface area contributed by atoms with Crippen LogP contribution < -0.4 is 16.6 Å². The molecule has 1 aromatic rings. The van der Waals surface area contributed by atoms with Crippen LogP contribution in [0.4, 0.5) is 5.13 Å². The Labute approximate surface area is 219 Å². The lowest BCUT2D eigenvalue weighted by Crippen LogP contribution is -2.71. The molecule has 0 aliphatic carbocycles.